The fourth-order valence-electron chi connectivity index (χ4n) is 4.20. The van der Waals surface area contributed by atoms with Crippen LogP contribution in [0, 0.1) is 0 Å². The third kappa shape index (κ3) is 5.25. The minimum atomic E-state index is -0.729. The smallest absolute Gasteiger partial charge is 0.338 e. The van der Waals surface area contributed by atoms with Gasteiger partial charge in [0.05, 0.1) is 18.2 Å². The highest BCUT2D eigenvalue weighted by Crippen LogP contribution is 2.36. The van der Waals surface area contributed by atoms with E-state index in [0.717, 1.165) is 19.4 Å². The van der Waals surface area contributed by atoms with Crippen molar-refractivity contribution in [3.8, 4) is 0 Å². The van der Waals surface area contributed by atoms with Gasteiger partial charge in [0.2, 0.25) is 0 Å². The van der Waals surface area contributed by atoms with Gasteiger partial charge in [-0.2, -0.15) is 0 Å². The van der Waals surface area contributed by atoms with E-state index in [9.17, 15) is 9.59 Å². The number of halogens is 2. The Kier molecular flexibility index (Phi) is 8.03. The number of amides is 2. The summed E-state index contributed by atoms with van der Waals surface area (Å²) in [6, 6.07) is 4.36. The zero-order valence-corrected chi connectivity index (χ0v) is 19.5. The van der Waals surface area contributed by atoms with Crippen LogP contribution in [0.25, 0.3) is 0 Å². The molecular formula is C23H29Cl2N3O3. The standard InChI is InChI=1S/C23H29Cl2N3O3/c1-4-11-28-19(14-27-12-7-6-8-15(27)3)20(22(29)31-5-2)21(26-23(28)30)17-10-9-16(24)13-18(17)25/h4,9-10,13,15,21H,1,5-8,11-12,14H2,2-3H3,(H,26,30)/t15-,21-/m1/s1. The molecule has 0 bridgehead atoms. The molecule has 1 aromatic carbocycles. The van der Waals surface area contributed by atoms with E-state index in [1.807, 2.05) is 0 Å². The molecule has 1 aromatic rings. The van der Waals surface area contributed by atoms with Crippen molar-refractivity contribution in [1.29, 1.82) is 0 Å². The summed E-state index contributed by atoms with van der Waals surface area (Å²) in [5.74, 6) is -0.466. The van der Waals surface area contributed by atoms with Gasteiger partial charge in [-0.1, -0.05) is 41.8 Å². The zero-order chi connectivity index (χ0) is 22.5. The van der Waals surface area contributed by atoms with Crippen LogP contribution >= 0.6 is 23.2 Å². The molecule has 2 atom stereocenters. The molecule has 0 saturated carbocycles. The molecule has 2 aliphatic heterocycles. The Bertz CT molecular complexity index is 887. The molecule has 0 spiro atoms. The van der Waals surface area contributed by atoms with Crippen LogP contribution in [-0.4, -0.2) is 54.1 Å². The molecule has 1 fully saturated rings. The lowest BCUT2D eigenvalue weighted by atomic mass is 9.93. The van der Waals surface area contributed by atoms with Gasteiger partial charge in [0.15, 0.2) is 0 Å². The fraction of sp³-hybridized carbons (Fsp3) is 0.478. The fourth-order valence-corrected chi connectivity index (χ4v) is 4.72. The van der Waals surface area contributed by atoms with Gasteiger partial charge in [-0.3, -0.25) is 9.80 Å². The maximum Gasteiger partial charge on any atom is 0.338 e. The van der Waals surface area contributed by atoms with E-state index in [0.29, 0.717) is 39.5 Å². The van der Waals surface area contributed by atoms with E-state index in [4.69, 9.17) is 27.9 Å². The average molecular weight is 466 g/mol. The predicted molar refractivity (Wildman–Crippen MR) is 123 cm³/mol. The van der Waals surface area contributed by atoms with E-state index in [1.165, 1.54) is 6.42 Å². The number of rotatable bonds is 7. The molecule has 168 valence electrons. The Morgan fingerprint density at radius 1 is 1.35 bits per heavy atom. The Morgan fingerprint density at radius 3 is 2.77 bits per heavy atom. The van der Waals surface area contributed by atoms with Crippen LogP contribution in [-0.2, 0) is 9.53 Å². The minimum absolute atomic E-state index is 0.228. The number of hydrogen-bond acceptors (Lipinski definition) is 4. The summed E-state index contributed by atoms with van der Waals surface area (Å²) in [7, 11) is 0. The number of nitrogens with zero attached hydrogens (tertiary/aromatic N) is 2. The summed E-state index contributed by atoms with van der Waals surface area (Å²) in [6.45, 7) is 9.62. The number of urea groups is 1. The molecule has 6 nitrogen and oxygen atoms in total. The van der Waals surface area contributed by atoms with Crippen molar-refractivity contribution >= 4 is 35.2 Å². The number of benzene rings is 1. The van der Waals surface area contributed by atoms with Crippen molar-refractivity contribution < 1.29 is 14.3 Å². The lowest BCUT2D eigenvalue weighted by molar-refractivity contribution is -0.139. The first-order chi connectivity index (χ1) is 14.9. The summed E-state index contributed by atoms with van der Waals surface area (Å²) >= 11 is 12.5. The quantitative estimate of drug-likeness (QED) is 0.457. The third-order valence-electron chi connectivity index (χ3n) is 5.81. The first kappa shape index (κ1) is 23.6. The van der Waals surface area contributed by atoms with Gasteiger partial charge in [-0.05, 0) is 50.9 Å². The maximum atomic E-state index is 13.2. The van der Waals surface area contributed by atoms with Gasteiger partial charge in [0.1, 0.15) is 0 Å². The Hall–Kier alpha value is -2.02. The van der Waals surface area contributed by atoms with Crippen LogP contribution in [0.4, 0.5) is 4.79 Å². The van der Waals surface area contributed by atoms with E-state index < -0.39 is 12.0 Å². The van der Waals surface area contributed by atoms with Crippen molar-refractivity contribution in [2.24, 2.45) is 0 Å². The number of piperidine rings is 1. The SMILES string of the molecule is C=CCN1C(=O)N[C@H](c2ccc(Cl)cc2Cl)C(C(=O)OCC)=C1CN1CCCC[C@H]1C. The average Bonchev–Trinajstić information content (AvgIpc) is 2.72. The number of ether oxygens (including phenoxy) is 1. The summed E-state index contributed by atoms with van der Waals surface area (Å²) in [5, 5.41) is 3.79. The number of esters is 1. The summed E-state index contributed by atoms with van der Waals surface area (Å²) in [5.41, 5.74) is 1.63. The second kappa shape index (κ2) is 10.5. The molecule has 0 radical (unpaired) electrons. The number of carbonyl (C=O) groups is 2. The number of likely N-dealkylation sites (tertiary alicyclic amines) is 1. The molecule has 0 unspecified atom stereocenters. The van der Waals surface area contributed by atoms with Crippen LogP contribution in [0.15, 0.2) is 42.1 Å². The predicted octanol–water partition coefficient (Wildman–Crippen LogP) is 4.94. The summed E-state index contributed by atoms with van der Waals surface area (Å²) < 4.78 is 5.42. The molecule has 8 heteroatoms. The van der Waals surface area contributed by atoms with Gasteiger partial charge in [-0.15, -0.1) is 6.58 Å². The van der Waals surface area contributed by atoms with Crippen LogP contribution in [0.5, 0.6) is 0 Å². The number of carbonyl (C=O) groups excluding carboxylic acids is 2. The van der Waals surface area contributed by atoms with Gasteiger partial charge in [0.25, 0.3) is 0 Å². The molecule has 1 saturated heterocycles. The summed E-state index contributed by atoms with van der Waals surface area (Å²) in [6.07, 6.45) is 5.01. The van der Waals surface area contributed by atoms with Crippen LogP contribution < -0.4 is 5.32 Å². The van der Waals surface area contributed by atoms with Gasteiger partial charge in [0, 0.05) is 34.9 Å². The molecule has 3 rings (SSSR count). The molecule has 31 heavy (non-hydrogen) atoms. The molecule has 2 amide bonds. The molecule has 0 aliphatic carbocycles. The van der Waals surface area contributed by atoms with E-state index in [1.54, 1.807) is 36.1 Å². The van der Waals surface area contributed by atoms with Crippen molar-refractivity contribution in [2.75, 3.05) is 26.2 Å². The van der Waals surface area contributed by atoms with Crippen molar-refractivity contribution in [2.45, 2.75) is 45.2 Å². The van der Waals surface area contributed by atoms with Gasteiger partial charge < -0.3 is 10.1 Å². The summed E-state index contributed by atoms with van der Waals surface area (Å²) in [4.78, 5) is 30.2. The van der Waals surface area contributed by atoms with Crippen molar-refractivity contribution in [3.63, 3.8) is 0 Å². The lowest BCUT2D eigenvalue weighted by Crippen LogP contribution is -2.52. The highest BCUT2D eigenvalue weighted by molar-refractivity contribution is 6.35. The Morgan fingerprint density at radius 2 is 2.13 bits per heavy atom. The normalized spacial score (nSPS) is 22.3. The molecular weight excluding hydrogens is 437 g/mol. The zero-order valence-electron chi connectivity index (χ0n) is 18.0. The highest BCUT2D eigenvalue weighted by atomic mass is 35.5. The van der Waals surface area contributed by atoms with Gasteiger partial charge >= 0.3 is 12.0 Å². The Labute approximate surface area is 193 Å². The largest absolute Gasteiger partial charge is 0.463 e. The van der Waals surface area contributed by atoms with Crippen LogP contribution in [0.3, 0.4) is 0 Å². The molecule has 0 aromatic heterocycles. The first-order valence-electron chi connectivity index (χ1n) is 10.6. The highest BCUT2D eigenvalue weighted by Gasteiger charge is 2.39. The minimum Gasteiger partial charge on any atom is -0.463 e. The number of nitrogens with one attached hydrogen (secondary N) is 1. The van der Waals surface area contributed by atoms with E-state index in [2.05, 4.69) is 23.7 Å². The topological polar surface area (TPSA) is 61.9 Å². The molecule has 2 aliphatic rings. The lowest BCUT2D eigenvalue weighted by Gasteiger charge is -2.41. The Balaban J connectivity index is 2.15. The second-order valence-corrected chi connectivity index (χ2v) is 8.69. The first-order valence-corrected chi connectivity index (χ1v) is 11.4. The van der Waals surface area contributed by atoms with Crippen LogP contribution in [0.2, 0.25) is 10.0 Å². The van der Waals surface area contributed by atoms with E-state index in [-0.39, 0.29) is 19.2 Å². The van der Waals surface area contributed by atoms with Crippen molar-refractivity contribution in [1.82, 2.24) is 15.1 Å². The van der Waals surface area contributed by atoms with Crippen LogP contribution in [0.1, 0.15) is 44.7 Å². The number of hydrogen-bond donors (Lipinski definition) is 1. The molecule has 2 heterocycles. The monoisotopic (exact) mass is 465 g/mol. The maximum absolute atomic E-state index is 13.2. The third-order valence-corrected chi connectivity index (χ3v) is 6.37. The second-order valence-electron chi connectivity index (χ2n) is 7.84. The van der Waals surface area contributed by atoms with Crippen molar-refractivity contribution in [3.05, 3.63) is 57.7 Å². The molecule has 1 N–H and O–H groups in total. The van der Waals surface area contributed by atoms with Gasteiger partial charge in [-0.25, -0.2) is 9.59 Å². The van der Waals surface area contributed by atoms with E-state index >= 15 is 0 Å².